The average Bonchev–Trinajstić information content (AvgIpc) is 3.22. The van der Waals surface area contributed by atoms with Gasteiger partial charge in [-0.3, -0.25) is 14.2 Å². The molecular weight excluding hydrogens is 438 g/mol. The lowest BCUT2D eigenvalue weighted by Crippen LogP contribution is -2.32. The quantitative estimate of drug-likeness (QED) is 0.431. The number of aromatic nitrogens is 4. The lowest BCUT2D eigenvalue weighted by Gasteiger charge is -2.21. The second-order valence-corrected chi connectivity index (χ2v) is 8.31. The maximum absolute atomic E-state index is 13.5. The number of para-hydroxylation sites is 1. The van der Waals surface area contributed by atoms with Gasteiger partial charge >= 0.3 is 0 Å². The number of hydrogen-bond acceptors (Lipinski definition) is 4. The zero-order valence-electron chi connectivity index (χ0n) is 18.0. The molecule has 164 valence electrons. The van der Waals surface area contributed by atoms with Crippen molar-refractivity contribution in [3.8, 4) is 5.69 Å². The number of fused-ring (bicyclic) bond motifs is 2. The van der Waals surface area contributed by atoms with Gasteiger partial charge in [0.15, 0.2) is 5.65 Å². The van der Waals surface area contributed by atoms with Crippen molar-refractivity contribution in [2.45, 2.75) is 19.9 Å². The Hall–Kier alpha value is -3.97. The molecule has 2 aromatic carbocycles. The molecule has 0 aliphatic rings. The van der Waals surface area contributed by atoms with Crippen LogP contribution in [0.4, 0.5) is 0 Å². The lowest BCUT2D eigenvalue weighted by molar-refractivity contribution is 0.0940. The van der Waals surface area contributed by atoms with E-state index in [0.29, 0.717) is 38.4 Å². The molecular formula is C25H20ClN5O2. The van der Waals surface area contributed by atoms with E-state index >= 15 is 0 Å². The van der Waals surface area contributed by atoms with Gasteiger partial charge in [-0.05, 0) is 49.1 Å². The predicted octanol–water partition coefficient (Wildman–Crippen LogP) is 4.49. The molecule has 5 aromatic rings. The van der Waals surface area contributed by atoms with Gasteiger partial charge in [-0.25, -0.2) is 9.50 Å². The van der Waals surface area contributed by atoms with E-state index in [1.165, 1.54) is 6.20 Å². The standard InChI is InChI=1S/C25H20ClN5O2/c1-15-12-27-23-19(13-28-30(23)14-15)24(32)29-16(2)21-11-17-7-6-10-20(26)22(17)25(33)31(21)18-8-4-3-5-9-18/h3-14,16H,1-2H3,(H,29,32)/t16-/m0/s1. The molecule has 0 fully saturated rings. The van der Waals surface area contributed by atoms with Crippen LogP contribution >= 0.6 is 11.6 Å². The number of carbonyl (C=O) groups excluding carboxylic acids is 1. The number of rotatable bonds is 4. The zero-order chi connectivity index (χ0) is 23.1. The van der Waals surface area contributed by atoms with Gasteiger partial charge < -0.3 is 5.32 Å². The predicted molar refractivity (Wildman–Crippen MR) is 128 cm³/mol. The normalized spacial score (nSPS) is 12.2. The fraction of sp³-hybridized carbons (Fsp3) is 0.120. The second kappa shape index (κ2) is 8.18. The van der Waals surface area contributed by atoms with Crippen LogP contribution in [-0.4, -0.2) is 25.1 Å². The highest BCUT2D eigenvalue weighted by Gasteiger charge is 2.21. The Bertz CT molecular complexity index is 1570. The van der Waals surface area contributed by atoms with E-state index in [4.69, 9.17) is 11.6 Å². The number of nitrogens with one attached hydrogen (secondary N) is 1. The summed E-state index contributed by atoms with van der Waals surface area (Å²) in [5.74, 6) is -0.327. The number of carbonyl (C=O) groups is 1. The smallest absolute Gasteiger partial charge is 0.264 e. The summed E-state index contributed by atoms with van der Waals surface area (Å²) in [7, 11) is 0. The van der Waals surface area contributed by atoms with E-state index in [-0.39, 0.29) is 11.5 Å². The highest BCUT2D eigenvalue weighted by Crippen LogP contribution is 2.25. The van der Waals surface area contributed by atoms with Gasteiger partial charge in [0.05, 0.1) is 22.6 Å². The Morgan fingerprint density at radius 2 is 1.88 bits per heavy atom. The molecule has 0 unspecified atom stereocenters. The third-order valence-electron chi connectivity index (χ3n) is 5.56. The first-order valence-electron chi connectivity index (χ1n) is 10.4. The monoisotopic (exact) mass is 457 g/mol. The maximum Gasteiger partial charge on any atom is 0.264 e. The average molecular weight is 458 g/mol. The van der Waals surface area contributed by atoms with Crippen LogP contribution in [0.1, 0.15) is 34.6 Å². The molecule has 5 rings (SSSR count). The summed E-state index contributed by atoms with van der Waals surface area (Å²) in [4.78, 5) is 31.0. The number of halogens is 1. The van der Waals surface area contributed by atoms with Gasteiger partial charge in [-0.1, -0.05) is 41.9 Å². The number of aryl methyl sites for hydroxylation is 1. The molecule has 0 aliphatic carbocycles. The molecule has 3 heterocycles. The molecule has 33 heavy (non-hydrogen) atoms. The topological polar surface area (TPSA) is 81.3 Å². The highest BCUT2D eigenvalue weighted by molar-refractivity contribution is 6.35. The van der Waals surface area contributed by atoms with E-state index in [1.54, 1.807) is 27.4 Å². The molecule has 1 atom stereocenters. The van der Waals surface area contributed by atoms with Gasteiger partial charge in [0, 0.05) is 23.8 Å². The molecule has 8 heteroatoms. The first-order chi connectivity index (χ1) is 15.9. The number of benzene rings is 2. The molecule has 0 radical (unpaired) electrons. The summed E-state index contributed by atoms with van der Waals surface area (Å²) >= 11 is 6.37. The molecule has 0 saturated carbocycles. The number of pyridine rings is 1. The Morgan fingerprint density at radius 3 is 2.67 bits per heavy atom. The second-order valence-electron chi connectivity index (χ2n) is 7.90. The van der Waals surface area contributed by atoms with Crippen molar-refractivity contribution in [2.24, 2.45) is 0 Å². The fourth-order valence-electron chi connectivity index (χ4n) is 3.98. The number of hydrogen-bond donors (Lipinski definition) is 1. The minimum Gasteiger partial charge on any atom is -0.344 e. The Balaban J connectivity index is 1.61. The van der Waals surface area contributed by atoms with Gasteiger partial charge in [0.1, 0.15) is 5.56 Å². The molecule has 1 N–H and O–H groups in total. The summed E-state index contributed by atoms with van der Waals surface area (Å²) in [6.45, 7) is 3.75. The van der Waals surface area contributed by atoms with Crippen molar-refractivity contribution < 1.29 is 4.79 Å². The molecule has 0 spiro atoms. The zero-order valence-corrected chi connectivity index (χ0v) is 18.7. The Labute approximate surface area is 194 Å². The van der Waals surface area contributed by atoms with Crippen molar-refractivity contribution >= 4 is 33.9 Å². The molecule has 0 saturated heterocycles. The summed E-state index contributed by atoms with van der Waals surface area (Å²) in [5.41, 5.74) is 2.85. The highest BCUT2D eigenvalue weighted by atomic mass is 35.5. The van der Waals surface area contributed by atoms with E-state index in [2.05, 4.69) is 15.4 Å². The number of amides is 1. The van der Waals surface area contributed by atoms with Crippen LogP contribution in [0.2, 0.25) is 5.02 Å². The maximum atomic E-state index is 13.5. The van der Waals surface area contributed by atoms with Gasteiger partial charge in [-0.15, -0.1) is 0 Å². The molecule has 0 aliphatic heterocycles. The SMILES string of the molecule is Cc1cnc2c(C(=O)N[C@@H](C)c3cc4cccc(Cl)c4c(=O)n3-c3ccccc3)cnn2c1. The molecule has 1 amide bonds. The van der Waals surface area contributed by atoms with Gasteiger partial charge in [0.2, 0.25) is 0 Å². The van der Waals surface area contributed by atoms with E-state index in [0.717, 1.165) is 5.56 Å². The minimum atomic E-state index is -0.491. The van der Waals surface area contributed by atoms with Crippen LogP contribution in [0.5, 0.6) is 0 Å². The van der Waals surface area contributed by atoms with Gasteiger partial charge in [0.25, 0.3) is 11.5 Å². The minimum absolute atomic E-state index is 0.242. The Morgan fingerprint density at radius 1 is 1.09 bits per heavy atom. The largest absolute Gasteiger partial charge is 0.344 e. The molecule has 7 nitrogen and oxygen atoms in total. The van der Waals surface area contributed by atoms with Crippen molar-refractivity contribution in [2.75, 3.05) is 0 Å². The van der Waals surface area contributed by atoms with Crippen LogP contribution in [0, 0.1) is 6.92 Å². The summed E-state index contributed by atoms with van der Waals surface area (Å²) in [6, 6.07) is 16.0. The van der Waals surface area contributed by atoms with Crippen molar-refractivity contribution in [3.05, 3.63) is 105 Å². The Kier molecular flexibility index (Phi) is 5.18. The molecule has 3 aromatic heterocycles. The summed E-state index contributed by atoms with van der Waals surface area (Å²) in [6.07, 6.45) is 4.99. The van der Waals surface area contributed by atoms with Crippen LogP contribution in [0.25, 0.3) is 22.1 Å². The van der Waals surface area contributed by atoms with Crippen molar-refractivity contribution in [1.29, 1.82) is 0 Å². The van der Waals surface area contributed by atoms with Crippen molar-refractivity contribution in [3.63, 3.8) is 0 Å². The fourth-order valence-corrected chi connectivity index (χ4v) is 4.24. The summed E-state index contributed by atoms with van der Waals surface area (Å²) in [5, 5.41) is 8.77. The molecule has 0 bridgehead atoms. The van der Waals surface area contributed by atoms with E-state index in [1.807, 2.05) is 62.5 Å². The number of nitrogens with zero attached hydrogens (tertiary/aromatic N) is 4. The third kappa shape index (κ3) is 3.66. The third-order valence-corrected chi connectivity index (χ3v) is 5.88. The van der Waals surface area contributed by atoms with Crippen LogP contribution in [0.15, 0.2) is 78.0 Å². The van der Waals surface area contributed by atoms with Crippen LogP contribution in [0.3, 0.4) is 0 Å². The van der Waals surface area contributed by atoms with Gasteiger partial charge in [-0.2, -0.15) is 5.10 Å². The van der Waals surface area contributed by atoms with E-state index < -0.39 is 6.04 Å². The first-order valence-corrected chi connectivity index (χ1v) is 10.8. The van der Waals surface area contributed by atoms with Crippen molar-refractivity contribution in [1.82, 2.24) is 24.5 Å². The van der Waals surface area contributed by atoms with E-state index in [9.17, 15) is 9.59 Å². The lowest BCUT2D eigenvalue weighted by atomic mass is 10.1. The summed E-state index contributed by atoms with van der Waals surface area (Å²) < 4.78 is 3.17. The first kappa shape index (κ1) is 20.9. The van der Waals surface area contributed by atoms with Crippen LogP contribution < -0.4 is 10.9 Å². The van der Waals surface area contributed by atoms with Crippen LogP contribution in [-0.2, 0) is 0 Å².